The fraction of sp³-hybridized carbons (Fsp3) is 0.750. The van der Waals surface area contributed by atoms with Gasteiger partial charge in [-0.05, 0) is 6.42 Å². The van der Waals surface area contributed by atoms with Gasteiger partial charge in [-0.15, -0.1) is 0 Å². The molecule has 2 N–H and O–H groups in total. The fourth-order valence-corrected chi connectivity index (χ4v) is 0.656. The maximum Gasteiger partial charge on any atom is 0.323 e. The zero-order chi connectivity index (χ0) is 10.3. The molecule has 5 heteroatoms. The van der Waals surface area contributed by atoms with Gasteiger partial charge in [0.2, 0.25) is 0 Å². The maximum absolute atomic E-state index is 11.0. The van der Waals surface area contributed by atoms with E-state index in [0.717, 1.165) is 6.42 Å². The minimum Gasteiger partial charge on any atom is -0.469 e. The molecule has 0 rings (SSSR count). The third-order valence-electron chi connectivity index (χ3n) is 1.37. The molecule has 0 heterocycles. The Kier molecular flexibility index (Phi) is 5.88. The highest BCUT2D eigenvalue weighted by atomic mass is 16.5. The Labute approximate surface area is 77.2 Å². The Morgan fingerprint density at radius 1 is 1.46 bits per heavy atom. The van der Waals surface area contributed by atoms with E-state index in [0.29, 0.717) is 6.61 Å². The van der Waals surface area contributed by atoms with Gasteiger partial charge in [-0.25, -0.2) is 0 Å². The first-order chi connectivity index (χ1) is 6.11. The molecule has 5 nitrogen and oxygen atoms in total. The minimum atomic E-state index is -0.918. The van der Waals surface area contributed by atoms with Crippen molar-refractivity contribution >= 4 is 11.9 Å². The number of hydrogen-bond donors (Lipinski definition) is 1. The third kappa shape index (κ3) is 5.19. The largest absolute Gasteiger partial charge is 0.469 e. The number of hydrogen-bond acceptors (Lipinski definition) is 5. The van der Waals surface area contributed by atoms with Gasteiger partial charge in [-0.2, -0.15) is 0 Å². The van der Waals surface area contributed by atoms with E-state index < -0.39 is 18.0 Å². The van der Waals surface area contributed by atoms with Crippen molar-refractivity contribution in [2.24, 2.45) is 5.73 Å². The van der Waals surface area contributed by atoms with Gasteiger partial charge < -0.3 is 15.2 Å². The SMILES string of the molecule is CCCOC(=O)[C@@H](N)CC(=O)OC. The van der Waals surface area contributed by atoms with Crippen LogP contribution >= 0.6 is 0 Å². The average molecular weight is 189 g/mol. The standard InChI is InChI=1S/C8H15NO4/c1-3-4-13-8(11)6(9)5-7(10)12-2/h6H,3-5,9H2,1-2H3/t6-/m0/s1. The van der Waals surface area contributed by atoms with E-state index in [1.807, 2.05) is 6.92 Å². The summed E-state index contributed by atoms with van der Waals surface area (Å²) in [7, 11) is 1.24. The van der Waals surface area contributed by atoms with E-state index in [-0.39, 0.29) is 6.42 Å². The molecule has 0 fully saturated rings. The first-order valence-electron chi connectivity index (χ1n) is 4.10. The van der Waals surface area contributed by atoms with Crippen LogP contribution in [0.15, 0.2) is 0 Å². The van der Waals surface area contributed by atoms with Gasteiger partial charge in [0.25, 0.3) is 0 Å². The Hall–Kier alpha value is -1.10. The zero-order valence-corrected chi connectivity index (χ0v) is 7.91. The normalized spacial score (nSPS) is 11.9. The van der Waals surface area contributed by atoms with Crippen LogP contribution < -0.4 is 5.73 Å². The molecular weight excluding hydrogens is 174 g/mol. The molecule has 0 aliphatic heterocycles. The Balaban J connectivity index is 3.75. The number of carbonyl (C=O) groups excluding carboxylic acids is 2. The van der Waals surface area contributed by atoms with Crippen LogP contribution in [0.1, 0.15) is 19.8 Å². The van der Waals surface area contributed by atoms with Gasteiger partial charge in [-0.1, -0.05) is 6.92 Å². The summed E-state index contributed by atoms with van der Waals surface area (Å²) in [6.07, 6.45) is 0.593. The lowest BCUT2D eigenvalue weighted by Crippen LogP contribution is -2.35. The van der Waals surface area contributed by atoms with Crippen molar-refractivity contribution < 1.29 is 19.1 Å². The molecule has 0 saturated carbocycles. The molecule has 0 saturated heterocycles. The molecule has 0 aromatic heterocycles. The molecule has 0 bridgehead atoms. The highest BCUT2D eigenvalue weighted by molar-refractivity contribution is 5.82. The summed E-state index contributed by atoms with van der Waals surface area (Å²) in [5.41, 5.74) is 5.36. The molecule has 76 valence electrons. The molecule has 0 aromatic rings. The van der Waals surface area contributed by atoms with Crippen LogP contribution in [0, 0.1) is 0 Å². The first-order valence-corrected chi connectivity index (χ1v) is 4.10. The van der Waals surface area contributed by atoms with E-state index in [1.54, 1.807) is 0 Å². The van der Waals surface area contributed by atoms with E-state index in [2.05, 4.69) is 4.74 Å². The second-order valence-electron chi connectivity index (χ2n) is 2.55. The van der Waals surface area contributed by atoms with Gasteiger partial charge in [0.05, 0.1) is 20.1 Å². The molecule has 1 atom stereocenters. The number of methoxy groups -OCH3 is 1. The molecule has 0 spiro atoms. The second kappa shape index (κ2) is 6.42. The van der Waals surface area contributed by atoms with E-state index in [9.17, 15) is 9.59 Å². The summed E-state index contributed by atoms with van der Waals surface area (Å²) in [5, 5.41) is 0. The fourth-order valence-electron chi connectivity index (χ4n) is 0.656. The van der Waals surface area contributed by atoms with E-state index in [4.69, 9.17) is 10.5 Å². The van der Waals surface area contributed by atoms with Gasteiger partial charge in [0.1, 0.15) is 6.04 Å². The molecule has 0 aliphatic carbocycles. The summed E-state index contributed by atoms with van der Waals surface area (Å²) >= 11 is 0. The van der Waals surface area contributed by atoms with Crippen molar-refractivity contribution in [1.29, 1.82) is 0 Å². The summed E-state index contributed by atoms with van der Waals surface area (Å²) in [4.78, 5) is 21.7. The summed E-state index contributed by atoms with van der Waals surface area (Å²) in [5.74, 6) is -1.08. The summed E-state index contributed by atoms with van der Waals surface area (Å²) < 4.78 is 9.08. The number of carbonyl (C=O) groups is 2. The minimum absolute atomic E-state index is 0.140. The average Bonchev–Trinajstić information content (AvgIpc) is 2.13. The number of ether oxygens (including phenoxy) is 2. The van der Waals surface area contributed by atoms with Crippen molar-refractivity contribution in [3.63, 3.8) is 0 Å². The van der Waals surface area contributed by atoms with Crippen molar-refractivity contribution in [2.45, 2.75) is 25.8 Å². The molecule has 0 aromatic carbocycles. The molecule has 13 heavy (non-hydrogen) atoms. The van der Waals surface area contributed by atoms with Crippen LogP contribution in [-0.4, -0.2) is 31.7 Å². The van der Waals surface area contributed by atoms with E-state index >= 15 is 0 Å². The Morgan fingerprint density at radius 2 is 2.08 bits per heavy atom. The summed E-state index contributed by atoms with van der Waals surface area (Å²) in [6, 6.07) is -0.918. The van der Waals surface area contributed by atoms with Gasteiger partial charge in [0.15, 0.2) is 0 Å². The van der Waals surface area contributed by atoms with E-state index in [1.165, 1.54) is 7.11 Å². The molecule has 0 aliphatic rings. The van der Waals surface area contributed by atoms with Crippen molar-refractivity contribution in [1.82, 2.24) is 0 Å². The molecule has 0 amide bonds. The van der Waals surface area contributed by atoms with Gasteiger partial charge in [0, 0.05) is 0 Å². The van der Waals surface area contributed by atoms with Crippen molar-refractivity contribution in [3.05, 3.63) is 0 Å². The Morgan fingerprint density at radius 3 is 2.54 bits per heavy atom. The predicted molar refractivity (Wildman–Crippen MR) is 45.9 cm³/mol. The second-order valence-corrected chi connectivity index (χ2v) is 2.55. The monoisotopic (exact) mass is 189 g/mol. The summed E-state index contributed by atoms with van der Waals surface area (Å²) in [6.45, 7) is 2.20. The van der Waals surface area contributed by atoms with Crippen LogP contribution in [0.3, 0.4) is 0 Å². The first kappa shape index (κ1) is 11.9. The number of esters is 2. The van der Waals surface area contributed by atoms with Crippen LogP contribution in [0.25, 0.3) is 0 Å². The Bertz CT molecular complexity index is 181. The lowest BCUT2D eigenvalue weighted by molar-refractivity contribution is -0.150. The smallest absolute Gasteiger partial charge is 0.323 e. The number of nitrogens with two attached hydrogens (primary N) is 1. The lowest BCUT2D eigenvalue weighted by Gasteiger charge is -2.09. The highest BCUT2D eigenvalue weighted by Gasteiger charge is 2.18. The zero-order valence-electron chi connectivity index (χ0n) is 7.91. The third-order valence-corrected chi connectivity index (χ3v) is 1.37. The molecular formula is C8H15NO4. The maximum atomic E-state index is 11.0. The van der Waals surface area contributed by atoms with Crippen LogP contribution in [0.5, 0.6) is 0 Å². The lowest BCUT2D eigenvalue weighted by atomic mass is 10.2. The number of rotatable bonds is 5. The van der Waals surface area contributed by atoms with Crippen LogP contribution in [-0.2, 0) is 19.1 Å². The van der Waals surface area contributed by atoms with Gasteiger partial charge in [-0.3, -0.25) is 9.59 Å². The van der Waals surface area contributed by atoms with Crippen molar-refractivity contribution in [3.8, 4) is 0 Å². The van der Waals surface area contributed by atoms with Crippen molar-refractivity contribution in [2.75, 3.05) is 13.7 Å². The van der Waals surface area contributed by atoms with Crippen LogP contribution in [0.4, 0.5) is 0 Å². The van der Waals surface area contributed by atoms with Crippen LogP contribution in [0.2, 0.25) is 0 Å². The predicted octanol–water partition coefficient (Wildman–Crippen LogP) is -0.170. The van der Waals surface area contributed by atoms with Gasteiger partial charge >= 0.3 is 11.9 Å². The quantitative estimate of drug-likeness (QED) is 0.607. The molecule has 0 radical (unpaired) electrons. The molecule has 0 unspecified atom stereocenters. The topological polar surface area (TPSA) is 78.6 Å². The highest BCUT2D eigenvalue weighted by Crippen LogP contribution is 1.95.